The van der Waals surface area contributed by atoms with E-state index in [1.54, 1.807) is 10.8 Å². The molecule has 0 saturated heterocycles. The van der Waals surface area contributed by atoms with Gasteiger partial charge in [-0.1, -0.05) is 0 Å². The van der Waals surface area contributed by atoms with Crippen molar-refractivity contribution in [2.45, 2.75) is 13.2 Å². The number of halogens is 2. The summed E-state index contributed by atoms with van der Waals surface area (Å²) in [6, 6.07) is 5.61. The molecule has 21 heavy (non-hydrogen) atoms. The van der Waals surface area contributed by atoms with Crippen LogP contribution in [0.25, 0.3) is 0 Å². The summed E-state index contributed by atoms with van der Waals surface area (Å²) in [6.45, 7) is -1.86. The van der Waals surface area contributed by atoms with Crippen LogP contribution in [0.1, 0.15) is 10.5 Å². The van der Waals surface area contributed by atoms with Crippen molar-refractivity contribution < 1.29 is 18.3 Å². The Balaban J connectivity index is 1.98. The highest BCUT2D eigenvalue weighted by molar-refractivity contribution is 6.02. The lowest BCUT2D eigenvalue weighted by Crippen LogP contribution is -2.13. The number of nitrogens with one attached hydrogen (secondary N) is 1. The summed E-state index contributed by atoms with van der Waals surface area (Å²) in [7, 11) is 0. The van der Waals surface area contributed by atoms with Gasteiger partial charge in [-0.3, -0.25) is 4.79 Å². The highest BCUT2D eigenvalue weighted by Gasteiger charge is 2.10. The summed E-state index contributed by atoms with van der Waals surface area (Å²) in [6.07, 6.45) is 3.10. The predicted molar refractivity (Wildman–Crippen MR) is 72.3 cm³/mol. The number of carbonyl (C=O) groups is 1. The Morgan fingerprint density at radius 1 is 1.38 bits per heavy atom. The van der Waals surface area contributed by atoms with Crippen molar-refractivity contribution in [1.29, 1.82) is 0 Å². The smallest absolute Gasteiger partial charge is 0.387 e. The molecule has 1 heterocycles. The topological polar surface area (TPSA) is 82.2 Å². The summed E-state index contributed by atoms with van der Waals surface area (Å²) in [4.78, 5) is 15.9. The highest BCUT2D eigenvalue weighted by atomic mass is 19.3. The maximum absolute atomic E-state index is 12.0. The summed E-state index contributed by atoms with van der Waals surface area (Å²) in [5, 5.41) is 2.61. The molecule has 1 amide bonds. The Hall–Kier alpha value is -2.48. The second kappa shape index (κ2) is 6.80. The van der Waals surface area contributed by atoms with E-state index in [1.165, 1.54) is 30.6 Å². The average Bonchev–Trinajstić information content (AvgIpc) is 2.89. The molecule has 6 nitrogen and oxygen atoms in total. The third-order valence-electron chi connectivity index (χ3n) is 2.59. The highest BCUT2D eigenvalue weighted by Crippen LogP contribution is 2.18. The van der Waals surface area contributed by atoms with Crippen LogP contribution >= 0.6 is 0 Å². The van der Waals surface area contributed by atoms with Gasteiger partial charge in [0.25, 0.3) is 5.91 Å². The van der Waals surface area contributed by atoms with E-state index in [9.17, 15) is 13.6 Å². The first-order valence-electron chi connectivity index (χ1n) is 6.16. The summed E-state index contributed by atoms with van der Waals surface area (Å²) < 4.78 is 29.9. The minimum Gasteiger partial charge on any atom is -0.435 e. The van der Waals surface area contributed by atoms with Gasteiger partial charge in [0.05, 0.1) is 6.33 Å². The number of hydrogen-bond donors (Lipinski definition) is 2. The van der Waals surface area contributed by atoms with E-state index in [-0.39, 0.29) is 11.4 Å². The van der Waals surface area contributed by atoms with Gasteiger partial charge in [-0.15, -0.1) is 0 Å². The van der Waals surface area contributed by atoms with E-state index < -0.39 is 12.5 Å². The first-order valence-corrected chi connectivity index (χ1v) is 6.16. The summed E-state index contributed by atoms with van der Waals surface area (Å²) in [5.41, 5.74) is 6.10. The van der Waals surface area contributed by atoms with Crippen molar-refractivity contribution in [3.05, 3.63) is 42.5 Å². The van der Waals surface area contributed by atoms with E-state index in [4.69, 9.17) is 5.73 Å². The molecule has 0 bridgehead atoms. The number of benzene rings is 1. The molecule has 0 unspecified atom stereocenters. The molecule has 1 aromatic heterocycles. The Bertz CT molecular complexity index is 598. The van der Waals surface area contributed by atoms with Crippen molar-refractivity contribution in [1.82, 2.24) is 9.55 Å². The zero-order chi connectivity index (χ0) is 15.2. The molecule has 0 saturated carbocycles. The van der Waals surface area contributed by atoms with Crippen molar-refractivity contribution in [3.8, 4) is 5.75 Å². The molecule has 0 fully saturated rings. The average molecular weight is 296 g/mol. The van der Waals surface area contributed by atoms with Crippen LogP contribution in [0.4, 0.5) is 14.5 Å². The number of anilines is 1. The molecule has 3 N–H and O–H groups in total. The van der Waals surface area contributed by atoms with Gasteiger partial charge in [0.15, 0.2) is 0 Å². The molecule has 0 atom stereocenters. The molecule has 0 spiro atoms. The quantitative estimate of drug-likeness (QED) is 0.850. The molecule has 8 heteroatoms. The van der Waals surface area contributed by atoms with Gasteiger partial charge >= 0.3 is 6.61 Å². The normalized spacial score (nSPS) is 10.7. The molecule has 2 rings (SSSR count). The van der Waals surface area contributed by atoms with Crippen LogP contribution in [0.3, 0.4) is 0 Å². The fourth-order valence-corrected chi connectivity index (χ4v) is 1.66. The molecular weight excluding hydrogens is 282 g/mol. The SMILES string of the molecule is NCCn1cnc(C(=O)Nc2ccc(OC(F)F)cc2)c1. The van der Waals surface area contributed by atoms with Crippen LogP contribution < -0.4 is 15.8 Å². The lowest BCUT2D eigenvalue weighted by atomic mass is 10.3. The van der Waals surface area contributed by atoms with Gasteiger partial charge in [0.1, 0.15) is 11.4 Å². The van der Waals surface area contributed by atoms with Crippen molar-refractivity contribution in [3.63, 3.8) is 0 Å². The second-order valence-electron chi connectivity index (χ2n) is 4.14. The van der Waals surface area contributed by atoms with E-state index in [2.05, 4.69) is 15.0 Å². The number of ether oxygens (including phenoxy) is 1. The Morgan fingerprint density at radius 2 is 2.10 bits per heavy atom. The van der Waals surface area contributed by atoms with Crippen LogP contribution in [0, 0.1) is 0 Å². The maximum Gasteiger partial charge on any atom is 0.387 e. The third kappa shape index (κ3) is 4.25. The predicted octanol–water partition coefficient (Wildman–Crippen LogP) is 1.70. The van der Waals surface area contributed by atoms with E-state index >= 15 is 0 Å². The first kappa shape index (κ1) is 14.9. The number of alkyl halides is 2. The van der Waals surface area contributed by atoms with Crippen LogP contribution in [0.15, 0.2) is 36.8 Å². The lowest BCUT2D eigenvalue weighted by Gasteiger charge is -2.06. The monoisotopic (exact) mass is 296 g/mol. The van der Waals surface area contributed by atoms with Crippen molar-refractivity contribution >= 4 is 11.6 Å². The Kier molecular flexibility index (Phi) is 4.83. The summed E-state index contributed by atoms with van der Waals surface area (Å²) in [5.74, 6) is -0.372. The van der Waals surface area contributed by atoms with Gasteiger partial charge < -0.3 is 20.4 Å². The van der Waals surface area contributed by atoms with E-state index in [1.807, 2.05) is 0 Å². The second-order valence-corrected chi connectivity index (χ2v) is 4.14. The van der Waals surface area contributed by atoms with Gasteiger partial charge in [-0.25, -0.2) is 4.98 Å². The minimum absolute atomic E-state index is 0.0234. The molecule has 0 radical (unpaired) electrons. The van der Waals surface area contributed by atoms with Crippen LogP contribution in [0.2, 0.25) is 0 Å². The van der Waals surface area contributed by atoms with Crippen LogP contribution in [-0.2, 0) is 6.54 Å². The molecule has 2 aromatic rings. The van der Waals surface area contributed by atoms with Crippen molar-refractivity contribution in [2.24, 2.45) is 5.73 Å². The number of nitrogens with zero attached hydrogens (tertiary/aromatic N) is 2. The van der Waals surface area contributed by atoms with Crippen LogP contribution in [0.5, 0.6) is 5.75 Å². The minimum atomic E-state index is -2.88. The number of rotatable bonds is 6. The Labute approximate surface area is 119 Å². The number of hydrogen-bond acceptors (Lipinski definition) is 4. The molecule has 0 aliphatic heterocycles. The molecule has 0 aliphatic carbocycles. The lowest BCUT2D eigenvalue weighted by molar-refractivity contribution is -0.0498. The van der Waals surface area contributed by atoms with Crippen molar-refractivity contribution in [2.75, 3.05) is 11.9 Å². The van der Waals surface area contributed by atoms with Crippen LogP contribution in [-0.4, -0.2) is 28.6 Å². The fraction of sp³-hybridized carbons (Fsp3) is 0.231. The standard InChI is InChI=1S/C13H14F2N4O2/c14-13(15)21-10-3-1-9(2-4-10)18-12(20)11-7-19(6-5-16)8-17-11/h1-4,7-8,13H,5-6,16H2,(H,18,20). The van der Waals surface area contributed by atoms with E-state index in [0.717, 1.165) is 0 Å². The maximum atomic E-state index is 12.0. The molecule has 112 valence electrons. The molecule has 1 aromatic carbocycles. The zero-order valence-corrected chi connectivity index (χ0v) is 11.0. The first-order chi connectivity index (χ1) is 10.1. The Morgan fingerprint density at radius 3 is 2.71 bits per heavy atom. The number of aromatic nitrogens is 2. The number of imidazole rings is 1. The third-order valence-corrected chi connectivity index (χ3v) is 2.59. The zero-order valence-electron chi connectivity index (χ0n) is 11.0. The fourth-order valence-electron chi connectivity index (χ4n) is 1.66. The molecular formula is C13H14F2N4O2. The number of nitrogens with two attached hydrogens (primary N) is 1. The number of carbonyl (C=O) groups excluding carboxylic acids is 1. The van der Waals surface area contributed by atoms with E-state index in [0.29, 0.717) is 18.8 Å². The van der Waals surface area contributed by atoms with Gasteiger partial charge in [-0.2, -0.15) is 8.78 Å². The van der Waals surface area contributed by atoms with Gasteiger partial charge in [0, 0.05) is 25.0 Å². The number of amides is 1. The van der Waals surface area contributed by atoms with Gasteiger partial charge in [0.2, 0.25) is 0 Å². The summed E-state index contributed by atoms with van der Waals surface area (Å²) >= 11 is 0. The largest absolute Gasteiger partial charge is 0.435 e. The molecule has 0 aliphatic rings. The van der Waals surface area contributed by atoms with Gasteiger partial charge in [-0.05, 0) is 24.3 Å².